The van der Waals surface area contributed by atoms with E-state index in [0.717, 1.165) is 25.2 Å². The van der Waals surface area contributed by atoms with Gasteiger partial charge in [0, 0.05) is 25.6 Å². The molecule has 0 aromatic heterocycles. The highest BCUT2D eigenvalue weighted by Gasteiger charge is 2.81. The van der Waals surface area contributed by atoms with Crippen LogP contribution in [0.25, 0.3) is 0 Å². The molecule has 2 aliphatic heterocycles. The molecular weight excluding hydrogens is 556 g/mol. The average Bonchev–Trinajstić information content (AvgIpc) is 3.56. The molecule has 8 unspecified atom stereocenters. The molecular formula is C36H58N2O6. The van der Waals surface area contributed by atoms with Gasteiger partial charge in [0.25, 0.3) is 0 Å². The van der Waals surface area contributed by atoms with Crippen molar-refractivity contribution in [1.29, 1.82) is 0 Å². The Balaban J connectivity index is 1.08. The van der Waals surface area contributed by atoms with Crippen molar-refractivity contribution in [3.63, 3.8) is 0 Å². The zero-order chi connectivity index (χ0) is 31.2. The number of hydrogen-bond donors (Lipinski definition) is 1. The number of rotatable bonds is 4. The summed E-state index contributed by atoms with van der Waals surface area (Å²) in [5.41, 5.74) is 1.17. The van der Waals surface area contributed by atoms with E-state index < -0.39 is 0 Å². The summed E-state index contributed by atoms with van der Waals surface area (Å²) in [7, 11) is 1.63. The summed E-state index contributed by atoms with van der Waals surface area (Å²) < 4.78 is 24.7. The zero-order valence-corrected chi connectivity index (χ0v) is 28.4. The van der Waals surface area contributed by atoms with Gasteiger partial charge in [-0.25, -0.2) is 9.59 Å². The van der Waals surface area contributed by atoms with Gasteiger partial charge >= 0.3 is 12.2 Å². The van der Waals surface area contributed by atoms with Crippen molar-refractivity contribution in [3.8, 4) is 0 Å². The maximum atomic E-state index is 13.1. The lowest BCUT2D eigenvalue weighted by Crippen LogP contribution is -2.56. The van der Waals surface area contributed by atoms with E-state index >= 15 is 0 Å². The lowest BCUT2D eigenvalue weighted by molar-refractivity contribution is -0.165. The first-order valence-corrected chi connectivity index (χ1v) is 17.9. The van der Waals surface area contributed by atoms with Crippen LogP contribution in [-0.2, 0) is 18.9 Å². The molecule has 7 rings (SSSR count). The van der Waals surface area contributed by atoms with Crippen molar-refractivity contribution in [3.05, 3.63) is 0 Å². The third-order valence-electron chi connectivity index (χ3n) is 14.9. The summed E-state index contributed by atoms with van der Waals surface area (Å²) in [6.07, 6.45) is 10.4. The molecule has 1 N–H and O–H groups in total. The molecule has 5 saturated carbocycles. The van der Waals surface area contributed by atoms with Gasteiger partial charge < -0.3 is 29.2 Å². The first kappa shape index (κ1) is 31.1. The second kappa shape index (κ2) is 10.7. The fourth-order valence-electron chi connectivity index (χ4n) is 13.0. The number of amides is 2. The summed E-state index contributed by atoms with van der Waals surface area (Å²) in [4.78, 5) is 27.2. The van der Waals surface area contributed by atoms with E-state index in [1.807, 2.05) is 4.90 Å². The Labute approximate surface area is 265 Å². The van der Waals surface area contributed by atoms with Crippen LogP contribution in [0.5, 0.6) is 0 Å². The lowest BCUT2D eigenvalue weighted by Gasteiger charge is -2.59. The normalized spacial score (nSPS) is 47.7. The minimum Gasteiger partial charge on any atom is -0.446 e. The average molecular weight is 615 g/mol. The van der Waals surface area contributed by atoms with Crippen LogP contribution in [0.15, 0.2) is 0 Å². The van der Waals surface area contributed by atoms with Gasteiger partial charge in [-0.05, 0) is 110 Å². The molecule has 0 aromatic carbocycles. The third-order valence-corrected chi connectivity index (χ3v) is 14.9. The Hall–Kier alpha value is -1.54. The van der Waals surface area contributed by atoms with Crippen molar-refractivity contribution >= 4 is 12.2 Å². The fourth-order valence-corrected chi connectivity index (χ4v) is 13.0. The van der Waals surface area contributed by atoms with E-state index in [9.17, 15) is 9.59 Å². The van der Waals surface area contributed by atoms with Crippen LogP contribution in [0.3, 0.4) is 0 Å². The Bertz CT molecular complexity index is 1140. The minimum atomic E-state index is -0.361. The minimum absolute atomic E-state index is 0.0111. The number of alkyl carbamates (subject to hydrolysis) is 1. The van der Waals surface area contributed by atoms with Gasteiger partial charge in [0.15, 0.2) is 0 Å². The van der Waals surface area contributed by atoms with Gasteiger partial charge in [0.05, 0.1) is 25.4 Å². The van der Waals surface area contributed by atoms with Gasteiger partial charge in [0.1, 0.15) is 12.2 Å². The third kappa shape index (κ3) is 4.41. The van der Waals surface area contributed by atoms with Gasteiger partial charge in [-0.3, -0.25) is 0 Å². The largest absolute Gasteiger partial charge is 0.446 e. The van der Waals surface area contributed by atoms with Gasteiger partial charge in [-0.15, -0.1) is 0 Å². The molecule has 12 atom stereocenters. The number of morpholine rings is 1. The van der Waals surface area contributed by atoms with Gasteiger partial charge in [0.2, 0.25) is 0 Å². The van der Waals surface area contributed by atoms with Crippen LogP contribution in [-0.4, -0.2) is 74.9 Å². The highest BCUT2D eigenvalue weighted by molar-refractivity contribution is 5.68. The maximum absolute atomic E-state index is 13.1. The van der Waals surface area contributed by atoms with Gasteiger partial charge in [-0.1, -0.05) is 41.5 Å². The maximum Gasteiger partial charge on any atom is 0.410 e. The number of ether oxygens (including phenoxy) is 4. The zero-order valence-electron chi connectivity index (χ0n) is 28.4. The number of nitrogens with one attached hydrogen (secondary N) is 1. The Morgan fingerprint density at radius 3 is 2.41 bits per heavy atom. The standard InChI is InChI=1S/C36H58N2O6/c1-21(2)30(44-31(39)37-7)26-18-22(3)29-25(42-26)19-24-23-8-9-27-33(4,5)28(43-32(40)38-14-16-41-17-15-38)10-11-36(27)20-35(23,36)13-12-34(24,29)6/h21-30H,8-20H2,1-7H3,(H,37,39)/t22-,23?,24?,25?,26?,27?,28+,29?,30-,34?,35+,36?/m1/s1. The van der Waals surface area contributed by atoms with Crippen LogP contribution >= 0.6 is 0 Å². The van der Waals surface area contributed by atoms with E-state index in [1.54, 1.807) is 7.05 Å². The van der Waals surface area contributed by atoms with Crippen molar-refractivity contribution in [2.75, 3.05) is 33.4 Å². The van der Waals surface area contributed by atoms with E-state index in [-0.39, 0.29) is 47.9 Å². The summed E-state index contributed by atoms with van der Waals surface area (Å²) >= 11 is 0. The molecule has 44 heavy (non-hydrogen) atoms. The molecule has 2 spiro atoms. The quantitative estimate of drug-likeness (QED) is 0.381. The number of fused-ring (bicyclic) bond motifs is 4. The van der Waals surface area contributed by atoms with Crippen LogP contribution < -0.4 is 5.32 Å². The van der Waals surface area contributed by atoms with E-state index in [0.29, 0.717) is 66.2 Å². The van der Waals surface area contributed by atoms with E-state index in [4.69, 9.17) is 18.9 Å². The first-order valence-electron chi connectivity index (χ1n) is 17.9. The van der Waals surface area contributed by atoms with Crippen molar-refractivity contribution in [2.24, 2.45) is 57.2 Å². The molecule has 248 valence electrons. The molecule has 2 heterocycles. The predicted octanol–water partition coefficient (Wildman–Crippen LogP) is 6.66. The van der Waals surface area contributed by atoms with Crippen LogP contribution in [0.1, 0.15) is 99.3 Å². The molecule has 0 bridgehead atoms. The SMILES string of the molecule is CNC(=O)O[C@H](C(C)C)C1C[C@@H](C)C2C(CC3C4CCC5C(C)(C)[C@@H](OC(=O)N6CCOCC6)CCC56C[C@@]46CCC32C)O1. The fraction of sp³-hybridized carbons (Fsp3) is 0.944. The summed E-state index contributed by atoms with van der Waals surface area (Å²) in [5, 5.41) is 2.64. The van der Waals surface area contributed by atoms with Gasteiger partial charge in [-0.2, -0.15) is 0 Å². The van der Waals surface area contributed by atoms with E-state index in [1.165, 1.54) is 38.5 Å². The Morgan fingerprint density at radius 1 is 0.955 bits per heavy atom. The monoisotopic (exact) mass is 614 g/mol. The Morgan fingerprint density at radius 2 is 1.70 bits per heavy atom. The molecule has 5 aliphatic carbocycles. The Kier molecular flexibility index (Phi) is 7.59. The van der Waals surface area contributed by atoms with Crippen LogP contribution in [0, 0.1) is 57.2 Å². The number of carbonyl (C=O) groups is 2. The lowest BCUT2D eigenvalue weighted by atomic mass is 9.46. The molecule has 0 aromatic rings. The highest BCUT2D eigenvalue weighted by Crippen LogP contribution is 2.87. The van der Waals surface area contributed by atoms with Crippen molar-refractivity contribution < 1.29 is 28.5 Å². The topological polar surface area (TPSA) is 86.3 Å². The first-order chi connectivity index (χ1) is 20.9. The molecule has 7 fully saturated rings. The van der Waals surface area contributed by atoms with Crippen molar-refractivity contribution in [1.82, 2.24) is 10.2 Å². The second-order valence-electron chi connectivity index (χ2n) is 17.2. The summed E-state index contributed by atoms with van der Waals surface area (Å²) in [5.74, 6) is 3.42. The van der Waals surface area contributed by atoms with Crippen LogP contribution in [0.2, 0.25) is 0 Å². The second-order valence-corrected chi connectivity index (χ2v) is 17.2. The van der Waals surface area contributed by atoms with Crippen molar-refractivity contribution in [2.45, 2.75) is 124 Å². The van der Waals surface area contributed by atoms with Crippen LogP contribution in [0.4, 0.5) is 9.59 Å². The molecule has 7 aliphatic rings. The predicted molar refractivity (Wildman–Crippen MR) is 167 cm³/mol. The molecule has 8 nitrogen and oxygen atoms in total. The van der Waals surface area contributed by atoms with E-state index in [2.05, 4.69) is 46.9 Å². The number of carbonyl (C=O) groups excluding carboxylic acids is 2. The summed E-state index contributed by atoms with van der Waals surface area (Å²) in [6.45, 7) is 16.6. The molecule has 2 amide bonds. The molecule has 2 saturated heterocycles. The highest BCUT2D eigenvalue weighted by atomic mass is 16.6. The molecule has 0 radical (unpaired) electrons. The number of nitrogens with zero attached hydrogens (tertiary/aromatic N) is 1. The number of hydrogen-bond acceptors (Lipinski definition) is 6. The smallest absolute Gasteiger partial charge is 0.410 e. The molecule has 8 heteroatoms. The summed E-state index contributed by atoms with van der Waals surface area (Å²) in [6, 6.07) is 0.